The van der Waals surface area contributed by atoms with Crippen LogP contribution in [0.1, 0.15) is 25.5 Å². The van der Waals surface area contributed by atoms with Gasteiger partial charge in [-0.25, -0.2) is 0 Å². The lowest BCUT2D eigenvalue weighted by molar-refractivity contribution is 0.122. The van der Waals surface area contributed by atoms with Gasteiger partial charge in [0, 0.05) is 20.1 Å². The molecule has 2 N–H and O–H groups in total. The predicted molar refractivity (Wildman–Crippen MR) is 64.7 cm³/mol. The molecule has 0 amide bonds. The van der Waals surface area contributed by atoms with Gasteiger partial charge in [0.15, 0.2) is 5.82 Å². The van der Waals surface area contributed by atoms with Crippen molar-refractivity contribution in [3.8, 4) is 0 Å². The fourth-order valence-electron chi connectivity index (χ4n) is 2.13. The molecular formula is C11H20N4O. The zero-order chi connectivity index (χ0) is 11.7. The molecular weight excluding hydrogens is 204 g/mol. The third-order valence-corrected chi connectivity index (χ3v) is 2.94. The van der Waals surface area contributed by atoms with E-state index < -0.39 is 0 Å². The molecule has 16 heavy (non-hydrogen) atoms. The number of ether oxygens (including phenoxy) is 1. The van der Waals surface area contributed by atoms with E-state index in [2.05, 4.69) is 23.8 Å². The molecule has 0 unspecified atom stereocenters. The maximum Gasteiger partial charge on any atom is 0.150 e. The van der Waals surface area contributed by atoms with E-state index in [0.717, 1.165) is 43.5 Å². The number of nitrogens with zero attached hydrogens (tertiary/aromatic N) is 3. The molecule has 1 aliphatic rings. The highest BCUT2D eigenvalue weighted by Crippen LogP contribution is 2.30. The molecule has 2 heterocycles. The monoisotopic (exact) mass is 224 g/mol. The normalized spacial score (nSPS) is 17.1. The summed E-state index contributed by atoms with van der Waals surface area (Å²) in [5, 5.41) is 4.49. The maximum atomic E-state index is 6.17. The van der Waals surface area contributed by atoms with Gasteiger partial charge in [-0.15, -0.1) is 0 Å². The van der Waals surface area contributed by atoms with Crippen LogP contribution in [0.25, 0.3) is 0 Å². The van der Waals surface area contributed by atoms with Crippen molar-refractivity contribution in [1.29, 1.82) is 0 Å². The van der Waals surface area contributed by atoms with Gasteiger partial charge in [0.1, 0.15) is 0 Å². The Bertz CT molecular complexity index is 366. The lowest BCUT2D eigenvalue weighted by Crippen LogP contribution is -2.37. The Morgan fingerprint density at radius 1 is 1.31 bits per heavy atom. The summed E-state index contributed by atoms with van der Waals surface area (Å²) in [7, 11) is 1.95. The zero-order valence-corrected chi connectivity index (χ0v) is 10.2. The Morgan fingerprint density at radius 2 is 1.94 bits per heavy atom. The van der Waals surface area contributed by atoms with Crippen molar-refractivity contribution in [1.82, 2.24) is 9.78 Å². The number of aromatic nitrogens is 2. The second-order valence-corrected chi connectivity index (χ2v) is 4.50. The quantitative estimate of drug-likeness (QED) is 0.813. The molecule has 0 saturated carbocycles. The summed E-state index contributed by atoms with van der Waals surface area (Å²) in [4.78, 5) is 2.25. The number of anilines is 2. The SMILES string of the molecule is CC(C)c1nn(C)c(N2CCOCC2)c1N. The number of hydrogen-bond acceptors (Lipinski definition) is 4. The van der Waals surface area contributed by atoms with Crippen molar-refractivity contribution in [2.75, 3.05) is 36.9 Å². The van der Waals surface area contributed by atoms with Crippen LogP contribution < -0.4 is 10.6 Å². The zero-order valence-electron chi connectivity index (χ0n) is 10.2. The Kier molecular flexibility index (Phi) is 3.05. The third kappa shape index (κ3) is 1.87. The number of nitrogen functional groups attached to an aromatic ring is 1. The number of aryl methyl sites for hydroxylation is 1. The van der Waals surface area contributed by atoms with Gasteiger partial charge in [-0.1, -0.05) is 13.8 Å². The summed E-state index contributed by atoms with van der Waals surface area (Å²) < 4.78 is 7.23. The predicted octanol–water partition coefficient (Wildman–Crippen LogP) is 0.962. The lowest BCUT2D eigenvalue weighted by Gasteiger charge is -2.28. The molecule has 0 atom stereocenters. The topological polar surface area (TPSA) is 56.3 Å². The van der Waals surface area contributed by atoms with Crippen molar-refractivity contribution < 1.29 is 4.74 Å². The molecule has 0 bridgehead atoms. The summed E-state index contributed by atoms with van der Waals surface area (Å²) in [6.45, 7) is 7.54. The summed E-state index contributed by atoms with van der Waals surface area (Å²) >= 11 is 0. The van der Waals surface area contributed by atoms with Crippen molar-refractivity contribution in [2.24, 2.45) is 7.05 Å². The molecule has 0 aliphatic carbocycles. The van der Waals surface area contributed by atoms with Crippen LogP contribution in [-0.4, -0.2) is 36.1 Å². The van der Waals surface area contributed by atoms with Crippen LogP contribution in [0.3, 0.4) is 0 Å². The summed E-state index contributed by atoms with van der Waals surface area (Å²) in [6.07, 6.45) is 0. The van der Waals surface area contributed by atoms with Gasteiger partial charge in [-0.3, -0.25) is 4.68 Å². The van der Waals surface area contributed by atoms with E-state index in [1.807, 2.05) is 11.7 Å². The minimum atomic E-state index is 0.362. The maximum absolute atomic E-state index is 6.17. The van der Waals surface area contributed by atoms with Crippen LogP contribution >= 0.6 is 0 Å². The molecule has 1 saturated heterocycles. The van der Waals surface area contributed by atoms with Gasteiger partial charge in [-0.2, -0.15) is 5.10 Å². The Morgan fingerprint density at radius 3 is 2.44 bits per heavy atom. The number of nitrogens with two attached hydrogens (primary N) is 1. The van der Waals surface area contributed by atoms with E-state index in [1.54, 1.807) is 0 Å². The van der Waals surface area contributed by atoms with Gasteiger partial charge < -0.3 is 15.4 Å². The highest BCUT2D eigenvalue weighted by atomic mass is 16.5. The number of rotatable bonds is 2. The molecule has 1 fully saturated rings. The molecule has 0 spiro atoms. The first-order chi connectivity index (χ1) is 7.61. The number of hydrogen-bond donors (Lipinski definition) is 1. The van der Waals surface area contributed by atoms with Crippen LogP contribution in [0.2, 0.25) is 0 Å². The van der Waals surface area contributed by atoms with E-state index in [1.165, 1.54) is 0 Å². The summed E-state index contributed by atoms with van der Waals surface area (Å²) in [5.74, 6) is 1.40. The molecule has 5 nitrogen and oxygen atoms in total. The first-order valence-corrected chi connectivity index (χ1v) is 5.76. The molecule has 0 aromatic carbocycles. The third-order valence-electron chi connectivity index (χ3n) is 2.94. The Labute approximate surface area is 96.2 Å². The first-order valence-electron chi connectivity index (χ1n) is 5.76. The average Bonchev–Trinajstić information content (AvgIpc) is 2.56. The Hall–Kier alpha value is -1.23. The van der Waals surface area contributed by atoms with Crippen LogP contribution in [0.15, 0.2) is 0 Å². The van der Waals surface area contributed by atoms with Gasteiger partial charge in [0.25, 0.3) is 0 Å². The van der Waals surface area contributed by atoms with Crippen molar-refractivity contribution >= 4 is 11.5 Å². The van der Waals surface area contributed by atoms with Crippen molar-refractivity contribution in [3.63, 3.8) is 0 Å². The van der Waals surface area contributed by atoms with Crippen LogP contribution in [0, 0.1) is 0 Å². The molecule has 5 heteroatoms. The molecule has 2 rings (SSSR count). The molecule has 1 aliphatic heterocycles. The van der Waals surface area contributed by atoms with Crippen LogP contribution in [0.4, 0.5) is 11.5 Å². The second kappa shape index (κ2) is 4.33. The standard InChI is InChI=1S/C11H20N4O/c1-8(2)10-9(12)11(14(3)13-10)15-4-6-16-7-5-15/h8H,4-7,12H2,1-3H3. The summed E-state index contributed by atoms with van der Waals surface area (Å²) in [6, 6.07) is 0. The molecule has 0 radical (unpaired) electrons. The minimum absolute atomic E-state index is 0.362. The average molecular weight is 224 g/mol. The van der Waals surface area contributed by atoms with Gasteiger partial charge in [0.2, 0.25) is 0 Å². The molecule has 1 aromatic heterocycles. The summed E-state index contributed by atoms with van der Waals surface area (Å²) in [5.41, 5.74) is 7.98. The fraction of sp³-hybridized carbons (Fsp3) is 0.727. The Balaban J connectivity index is 2.32. The van der Waals surface area contributed by atoms with Crippen molar-refractivity contribution in [2.45, 2.75) is 19.8 Å². The fourth-order valence-corrected chi connectivity index (χ4v) is 2.13. The van der Waals surface area contributed by atoms with E-state index in [4.69, 9.17) is 10.5 Å². The van der Waals surface area contributed by atoms with Gasteiger partial charge in [-0.05, 0) is 5.92 Å². The first kappa shape index (κ1) is 11.3. The second-order valence-electron chi connectivity index (χ2n) is 4.50. The van der Waals surface area contributed by atoms with Crippen LogP contribution in [-0.2, 0) is 11.8 Å². The van der Waals surface area contributed by atoms with E-state index in [9.17, 15) is 0 Å². The number of morpholine rings is 1. The smallest absolute Gasteiger partial charge is 0.150 e. The van der Waals surface area contributed by atoms with Crippen molar-refractivity contribution in [3.05, 3.63) is 5.69 Å². The van der Waals surface area contributed by atoms with E-state index in [-0.39, 0.29) is 0 Å². The molecule has 90 valence electrons. The highest BCUT2D eigenvalue weighted by molar-refractivity contribution is 5.67. The van der Waals surface area contributed by atoms with E-state index in [0.29, 0.717) is 5.92 Å². The minimum Gasteiger partial charge on any atom is -0.394 e. The van der Waals surface area contributed by atoms with E-state index >= 15 is 0 Å². The highest BCUT2D eigenvalue weighted by Gasteiger charge is 2.22. The molecule has 1 aromatic rings. The van der Waals surface area contributed by atoms with Gasteiger partial charge >= 0.3 is 0 Å². The lowest BCUT2D eigenvalue weighted by atomic mass is 10.1. The van der Waals surface area contributed by atoms with Gasteiger partial charge in [0.05, 0.1) is 24.6 Å². The van der Waals surface area contributed by atoms with Crippen LogP contribution in [0.5, 0.6) is 0 Å². The largest absolute Gasteiger partial charge is 0.394 e.